The van der Waals surface area contributed by atoms with E-state index in [4.69, 9.17) is 9.15 Å². The highest BCUT2D eigenvalue weighted by atomic mass is 16.5. The molecule has 0 saturated heterocycles. The van der Waals surface area contributed by atoms with Crippen LogP contribution < -0.4 is 4.74 Å². The van der Waals surface area contributed by atoms with E-state index in [0.29, 0.717) is 43.2 Å². The van der Waals surface area contributed by atoms with Gasteiger partial charge in [0.2, 0.25) is 11.8 Å². The Kier molecular flexibility index (Phi) is 6.49. The van der Waals surface area contributed by atoms with E-state index < -0.39 is 12.0 Å². The first-order valence-corrected chi connectivity index (χ1v) is 11.2. The van der Waals surface area contributed by atoms with E-state index in [1.54, 1.807) is 19.9 Å². The number of carboxylic acids is 1. The molecule has 1 atom stereocenters. The number of hydrogen-bond donors (Lipinski definition) is 1. The Morgan fingerprint density at radius 3 is 2.67 bits per heavy atom. The molecule has 1 aromatic heterocycles. The van der Waals surface area contributed by atoms with E-state index in [-0.39, 0.29) is 11.8 Å². The molecule has 1 aliphatic heterocycles. The molecule has 2 aromatic carbocycles. The number of ether oxygens (including phenoxy) is 1. The van der Waals surface area contributed by atoms with Crippen molar-refractivity contribution in [2.24, 2.45) is 5.92 Å². The van der Waals surface area contributed by atoms with Crippen LogP contribution in [0.15, 0.2) is 52.9 Å². The van der Waals surface area contributed by atoms with Gasteiger partial charge in [0, 0.05) is 24.4 Å². The number of carbonyl (C=O) groups excluding carboxylic acids is 1. The van der Waals surface area contributed by atoms with Crippen molar-refractivity contribution in [2.75, 3.05) is 13.2 Å². The number of benzene rings is 2. The van der Waals surface area contributed by atoms with Crippen molar-refractivity contribution in [3.63, 3.8) is 0 Å². The zero-order chi connectivity index (χ0) is 23.5. The minimum atomic E-state index is -1.03. The molecule has 0 spiro atoms. The van der Waals surface area contributed by atoms with Gasteiger partial charge < -0.3 is 19.2 Å². The molecule has 172 valence electrons. The summed E-state index contributed by atoms with van der Waals surface area (Å²) in [7, 11) is 0. The Balaban J connectivity index is 1.47. The molecule has 0 saturated carbocycles. The van der Waals surface area contributed by atoms with Crippen LogP contribution in [0, 0.1) is 12.8 Å². The lowest BCUT2D eigenvalue weighted by atomic mass is 9.91. The van der Waals surface area contributed by atoms with Gasteiger partial charge in [0.25, 0.3) is 0 Å². The number of carboxylic acid groups (broad SMARTS) is 1. The van der Waals surface area contributed by atoms with Gasteiger partial charge in [-0.2, -0.15) is 0 Å². The van der Waals surface area contributed by atoms with Crippen molar-refractivity contribution in [3.05, 3.63) is 71.1 Å². The number of nitrogens with zero attached hydrogens (tertiary/aromatic N) is 2. The lowest BCUT2D eigenvalue weighted by molar-refractivity contribution is -0.152. The molecule has 2 heterocycles. The number of aromatic nitrogens is 1. The standard InChI is InChI=1S/C26H28N2O5/c1-16(2)25(29)28-13-11-18-9-10-20(15-21(18)23(28)26(30)31)32-14-12-22-17(3)33-24(27-22)19-7-5-4-6-8-19/h4-10,15-16,23H,11-14H2,1-3H3,(H,30,31). The van der Waals surface area contributed by atoms with Crippen LogP contribution in [0.5, 0.6) is 5.75 Å². The topological polar surface area (TPSA) is 92.9 Å². The molecule has 7 heteroatoms. The molecule has 1 amide bonds. The average molecular weight is 449 g/mol. The second-order valence-corrected chi connectivity index (χ2v) is 8.52. The third-order valence-corrected chi connectivity index (χ3v) is 5.88. The largest absolute Gasteiger partial charge is 0.493 e. The fraction of sp³-hybridized carbons (Fsp3) is 0.346. The van der Waals surface area contributed by atoms with Gasteiger partial charge in [0.05, 0.1) is 12.3 Å². The molecule has 7 nitrogen and oxygen atoms in total. The zero-order valence-corrected chi connectivity index (χ0v) is 19.1. The summed E-state index contributed by atoms with van der Waals surface area (Å²) >= 11 is 0. The summed E-state index contributed by atoms with van der Waals surface area (Å²) in [5, 5.41) is 9.88. The molecule has 1 unspecified atom stereocenters. The molecule has 3 aromatic rings. The number of aliphatic carboxylic acids is 1. The fourth-order valence-corrected chi connectivity index (χ4v) is 4.15. The zero-order valence-electron chi connectivity index (χ0n) is 19.1. The summed E-state index contributed by atoms with van der Waals surface area (Å²) in [6.07, 6.45) is 1.18. The van der Waals surface area contributed by atoms with E-state index >= 15 is 0 Å². The first-order valence-electron chi connectivity index (χ1n) is 11.2. The van der Waals surface area contributed by atoms with Gasteiger partial charge in [-0.15, -0.1) is 0 Å². The van der Waals surface area contributed by atoms with Crippen LogP contribution in [-0.4, -0.2) is 40.0 Å². The Bertz CT molecular complexity index is 1150. The van der Waals surface area contributed by atoms with Gasteiger partial charge in [-0.25, -0.2) is 9.78 Å². The monoisotopic (exact) mass is 448 g/mol. The first kappa shape index (κ1) is 22.6. The molecular weight excluding hydrogens is 420 g/mol. The molecule has 0 radical (unpaired) electrons. The van der Waals surface area contributed by atoms with E-state index in [1.807, 2.05) is 49.4 Å². The number of amides is 1. The highest BCUT2D eigenvalue weighted by Gasteiger charge is 2.36. The fourth-order valence-electron chi connectivity index (χ4n) is 4.15. The minimum Gasteiger partial charge on any atom is -0.493 e. The number of fused-ring (bicyclic) bond motifs is 1. The summed E-state index contributed by atoms with van der Waals surface area (Å²) in [6, 6.07) is 14.2. The van der Waals surface area contributed by atoms with Crippen molar-refractivity contribution in [3.8, 4) is 17.2 Å². The van der Waals surface area contributed by atoms with E-state index in [9.17, 15) is 14.7 Å². The number of rotatable bonds is 7. The maximum atomic E-state index is 12.6. The smallest absolute Gasteiger partial charge is 0.331 e. The van der Waals surface area contributed by atoms with Gasteiger partial charge in [0.15, 0.2) is 6.04 Å². The Morgan fingerprint density at radius 2 is 1.97 bits per heavy atom. The summed E-state index contributed by atoms with van der Waals surface area (Å²) < 4.78 is 11.7. The quantitative estimate of drug-likeness (QED) is 0.575. The minimum absolute atomic E-state index is 0.157. The Hall–Kier alpha value is -3.61. The van der Waals surface area contributed by atoms with Gasteiger partial charge in [0.1, 0.15) is 11.5 Å². The van der Waals surface area contributed by atoms with E-state index in [1.165, 1.54) is 4.90 Å². The van der Waals surface area contributed by atoms with Gasteiger partial charge in [-0.3, -0.25) is 4.79 Å². The average Bonchev–Trinajstić information content (AvgIpc) is 3.18. The van der Waals surface area contributed by atoms with Gasteiger partial charge >= 0.3 is 5.97 Å². The molecule has 0 aliphatic carbocycles. The lowest BCUT2D eigenvalue weighted by Crippen LogP contribution is -2.45. The van der Waals surface area contributed by atoms with Crippen LogP contribution in [0.2, 0.25) is 0 Å². The molecule has 1 aliphatic rings. The molecule has 0 bridgehead atoms. The number of hydrogen-bond acceptors (Lipinski definition) is 5. The van der Waals surface area contributed by atoms with Gasteiger partial charge in [-0.05, 0) is 48.7 Å². The predicted molar refractivity (Wildman–Crippen MR) is 123 cm³/mol. The van der Waals surface area contributed by atoms with Crippen LogP contribution in [0.4, 0.5) is 0 Å². The molecule has 0 fully saturated rings. The first-order chi connectivity index (χ1) is 15.8. The maximum Gasteiger partial charge on any atom is 0.331 e. The summed E-state index contributed by atoms with van der Waals surface area (Å²) in [6.45, 7) is 6.21. The SMILES string of the molecule is Cc1oc(-c2ccccc2)nc1CCOc1ccc2c(c1)C(C(=O)O)N(C(=O)C(C)C)CC2. The molecular formula is C26H28N2O5. The third kappa shape index (κ3) is 4.77. The molecule has 4 rings (SSSR count). The van der Waals surface area contributed by atoms with Crippen LogP contribution in [0.1, 0.15) is 42.5 Å². The lowest BCUT2D eigenvalue weighted by Gasteiger charge is -2.36. The van der Waals surface area contributed by atoms with E-state index in [2.05, 4.69) is 4.98 Å². The normalized spacial score (nSPS) is 15.4. The predicted octanol–water partition coefficient (Wildman–Crippen LogP) is 4.44. The van der Waals surface area contributed by atoms with Crippen molar-refractivity contribution < 1.29 is 23.8 Å². The second kappa shape index (κ2) is 9.48. The van der Waals surface area contributed by atoms with Gasteiger partial charge in [-0.1, -0.05) is 38.1 Å². The second-order valence-electron chi connectivity index (χ2n) is 8.52. The number of carbonyl (C=O) groups is 2. The maximum absolute atomic E-state index is 12.6. The van der Waals surface area contributed by atoms with Crippen molar-refractivity contribution >= 4 is 11.9 Å². The molecule has 33 heavy (non-hydrogen) atoms. The highest BCUT2D eigenvalue weighted by Crippen LogP contribution is 2.34. The summed E-state index contributed by atoms with van der Waals surface area (Å²) in [5.41, 5.74) is 3.29. The van der Waals surface area contributed by atoms with E-state index in [0.717, 1.165) is 22.6 Å². The summed E-state index contributed by atoms with van der Waals surface area (Å²) in [4.78, 5) is 30.7. The summed E-state index contributed by atoms with van der Waals surface area (Å²) in [5.74, 6) is 0.444. The van der Waals surface area contributed by atoms with Crippen molar-refractivity contribution in [1.82, 2.24) is 9.88 Å². The highest BCUT2D eigenvalue weighted by molar-refractivity contribution is 5.86. The molecule has 1 N–H and O–H groups in total. The number of oxazole rings is 1. The van der Waals surface area contributed by atoms with Crippen LogP contribution >= 0.6 is 0 Å². The number of aryl methyl sites for hydroxylation is 1. The third-order valence-electron chi connectivity index (χ3n) is 5.88. The van der Waals surface area contributed by atoms with Crippen LogP contribution in [0.25, 0.3) is 11.5 Å². The van der Waals surface area contributed by atoms with Crippen LogP contribution in [-0.2, 0) is 22.4 Å². The van der Waals surface area contributed by atoms with Crippen molar-refractivity contribution in [1.29, 1.82) is 0 Å². The van der Waals surface area contributed by atoms with Crippen LogP contribution in [0.3, 0.4) is 0 Å². The van der Waals surface area contributed by atoms with Crippen molar-refractivity contribution in [2.45, 2.75) is 39.7 Å². The Labute approximate surface area is 193 Å². The Morgan fingerprint density at radius 1 is 1.21 bits per heavy atom.